The number of carbonyl (C=O) groups excluding carboxylic acids is 1. The van der Waals surface area contributed by atoms with Gasteiger partial charge in [0.2, 0.25) is 27.6 Å². The van der Waals surface area contributed by atoms with Crippen molar-refractivity contribution >= 4 is 21.9 Å². The summed E-state index contributed by atoms with van der Waals surface area (Å²) in [5, 5.41) is 3.03. The van der Waals surface area contributed by atoms with Gasteiger partial charge in [-0.15, -0.1) is 0 Å². The van der Waals surface area contributed by atoms with Crippen LogP contribution < -0.4 is 24.2 Å². The number of rotatable bonds is 6. The van der Waals surface area contributed by atoms with Gasteiger partial charge in [-0.25, -0.2) is 18.4 Å². The second-order valence-electron chi connectivity index (χ2n) is 8.01. The Bertz CT molecular complexity index is 1340. The summed E-state index contributed by atoms with van der Waals surface area (Å²) in [6, 6.07) is 7.08. The number of aromatic nitrogens is 2. The van der Waals surface area contributed by atoms with E-state index in [0.717, 1.165) is 28.5 Å². The molecule has 10 nitrogen and oxygen atoms in total. The van der Waals surface area contributed by atoms with E-state index in [2.05, 4.69) is 20.0 Å². The lowest BCUT2D eigenvalue weighted by Crippen LogP contribution is -2.26. The fourth-order valence-corrected chi connectivity index (χ4v) is 4.78. The minimum absolute atomic E-state index is 0.00784. The highest BCUT2D eigenvalue weighted by Gasteiger charge is 2.30. The van der Waals surface area contributed by atoms with Crippen molar-refractivity contribution in [2.45, 2.75) is 25.8 Å². The summed E-state index contributed by atoms with van der Waals surface area (Å²) in [4.78, 5) is 20.7. The molecule has 2 N–H and O–H groups in total. The van der Waals surface area contributed by atoms with E-state index in [1.165, 1.54) is 6.92 Å². The van der Waals surface area contributed by atoms with E-state index in [4.69, 9.17) is 14.2 Å². The van der Waals surface area contributed by atoms with Crippen molar-refractivity contribution in [3.63, 3.8) is 0 Å². The zero-order valence-corrected chi connectivity index (χ0v) is 20.4. The van der Waals surface area contributed by atoms with Crippen LogP contribution in [0.3, 0.4) is 0 Å². The minimum atomic E-state index is -3.53. The molecule has 0 aromatic heterocycles. The van der Waals surface area contributed by atoms with Crippen molar-refractivity contribution in [3.8, 4) is 39.8 Å². The molecule has 0 unspecified atom stereocenters. The third-order valence-corrected chi connectivity index (χ3v) is 6.19. The zero-order valence-electron chi connectivity index (χ0n) is 19.6. The molecule has 34 heavy (non-hydrogen) atoms. The number of hydrogen-bond donors (Lipinski definition) is 2. The third-order valence-electron chi connectivity index (χ3n) is 5.64. The molecule has 2 aliphatic carbocycles. The van der Waals surface area contributed by atoms with E-state index in [-0.39, 0.29) is 17.9 Å². The van der Waals surface area contributed by atoms with Gasteiger partial charge in [-0.2, -0.15) is 0 Å². The van der Waals surface area contributed by atoms with Crippen LogP contribution >= 0.6 is 0 Å². The van der Waals surface area contributed by atoms with Gasteiger partial charge in [0.15, 0.2) is 11.5 Å². The zero-order chi connectivity index (χ0) is 24.6. The van der Waals surface area contributed by atoms with Gasteiger partial charge in [0.1, 0.15) is 0 Å². The number of sulfonamides is 1. The highest BCUT2D eigenvalue weighted by atomic mass is 32.2. The second kappa shape index (κ2) is 8.98. The topological polar surface area (TPSA) is 129 Å². The number of benzene rings is 1. The average Bonchev–Trinajstić information content (AvgIpc) is 2.96. The maximum absolute atomic E-state index is 12.1. The number of aryl methyl sites for hydroxylation is 1. The molecule has 180 valence electrons. The van der Waals surface area contributed by atoms with Gasteiger partial charge >= 0.3 is 0 Å². The van der Waals surface area contributed by atoms with E-state index < -0.39 is 10.0 Å². The van der Waals surface area contributed by atoms with Crippen molar-refractivity contribution in [3.05, 3.63) is 35.4 Å². The van der Waals surface area contributed by atoms with E-state index >= 15 is 0 Å². The van der Waals surface area contributed by atoms with Crippen molar-refractivity contribution in [1.82, 2.24) is 15.3 Å². The van der Waals surface area contributed by atoms with Gasteiger partial charge in [0.05, 0.1) is 45.0 Å². The van der Waals surface area contributed by atoms with Crippen molar-refractivity contribution in [2.75, 3.05) is 32.3 Å². The number of amides is 1. The van der Waals surface area contributed by atoms with Crippen LogP contribution in [0.1, 0.15) is 30.5 Å². The lowest BCUT2D eigenvalue weighted by molar-refractivity contribution is -0.119. The highest BCUT2D eigenvalue weighted by Crippen LogP contribution is 2.50. The molecule has 1 amide bonds. The Kier molecular flexibility index (Phi) is 6.22. The van der Waals surface area contributed by atoms with Crippen LogP contribution in [0.5, 0.6) is 17.2 Å². The summed E-state index contributed by atoms with van der Waals surface area (Å²) in [5.74, 6) is 1.37. The summed E-state index contributed by atoms with van der Waals surface area (Å²) < 4.78 is 42.5. The quantitative estimate of drug-likeness (QED) is 0.544. The Morgan fingerprint density at radius 1 is 1.03 bits per heavy atom. The van der Waals surface area contributed by atoms with Gasteiger partial charge in [0, 0.05) is 12.5 Å². The normalized spacial score (nSPS) is 15.0. The first-order chi connectivity index (χ1) is 16.1. The van der Waals surface area contributed by atoms with Crippen LogP contribution in [0.25, 0.3) is 22.5 Å². The SMILES string of the molecule is COc1cc2c(c(OC)c1OC)-c1ccc3nc(NS(C)(=O)=O)nc-3cc1[C@@H](NC(C)=O)CC2. The number of fused-ring (bicyclic) bond motifs is 4. The first-order valence-corrected chi connectivity index (χ1v) is 12.4. The lowest BCUT2D eigenvalue weighted by atomic mass is 9.95. The molecule has 0 saturated carbocycles. The van der Waals surface area contributed by atoms with Crippen LogP contribution in [0.2, 0.25) is 0 Å². The number of nitrogens with zero attached hydrogens (tertiary/aromatic N) is 2. The summed E-state index contributed by atoms with van der Waals surface area (Å²) in [5.41, 5.74) is 4.43. The maximum Gasteiger partial charge on any atom is 0.237 e. The first-order valence-electron chi connectivity index (χ1n) is 10.5. The van der Waals surface area contributed by atoms with E-state index in [0.29, 0.717) is 41.5 Å². The molecule has 1 aromatic carbocycles. The number of hydrogen-bond acceptors (Lipinski definition) is 8. The lowest BCUT2D eigenvalue weighted by Gasteiger charge is -2.19. The van der Waals surface area contributed by atoms with E-state index in [9.17, 15) is 13.2 Å². The molecule has 4 rings (SSSR count). The van der Waals surface area contributed by atoms with Crippen LogP contribution in [0, 0.1) is 0 Å². The van der Waals surface area contributed by atoms with Crippen LogP contribution in [-0.2, 0) is 21.2 Å². The van der Waals surface area contributed by atoms with Gasteiger partial charge in [-0.05, 0) is 47.7 Å². The van der Waals surface area contributed by atoms with Crippen LogP contribution in [0.15, 0.2) is 24.3 Å². The molecule has 3 aliphatic rings. The largest absolute Gasteiger partial charge is 0.493 e. The molecule has 1 atom stereocenters. The monoisotopic (exact) mass is 486 g/mol. The molecule has 1 aliphatic heterocycles. The predicted octanol–water partition coefficient (Wildman–Crippen LogP) is 2.77. The van der Waals surface area contributed by atoms with Crippen molar-refractivity contribution in [2.24, 2.45) is 0 Å². The molecule has 0 saturated heterocycles. The van der Waals surface area contributed by atoms with Gasteiger partial charge in [-0.3, -0.25) is 9.52 Å². The molecule has 0 fully saturated rings. The number of carbonyl (C=O) groups is 1. The minimum Gasteiger partial charge on any atom is -0.493 e. The number of ether oxygens (including phenoxy) is 3. The van der Waals surface area contributed by atoms with Gasteiger partial charge in [-0.1, -0.05) is 6.07 Å². The highest BCUT2D eigenvalue weighted by molar-refractivity contribution is 7.91. The van der Waals surface area contributed by atoms with E-state index in [1.807, 2.05) is 18.2 Å². The Morgan fingerprint density at radius 3 is 2.35 bits per heavy atom. The summed E-state index contributed by atoms with van der Waals surface area (Å²) in [6.07, 6.45) is 2.30. The number of imidazole rings is 1. The number of methoxy groups -OCH3 is 3. The molecule has 0 bridgehead atoms. The summed E-state index contributed by atoms with van der Waals surface area (Å²) in [7, 11) is 1.16. The third kappa shape index (κ3) is 4.43. The Balaban J connectivity index is 2.02. The standard InChI is InChI=1S/C23H26N4O6S/c1-12(28)24-16-8-6-13-10-19(31-2)21(32-3)22(33-4)20(13)14-7-9-17-18(11-15(14)16)26-23(25-17)27-34(5,29)30/h7,9-11,16H,6,8H2,1-5H3,(H,24,28)(H,25,26,27)/t16-/m0/s1. The second-order valence-corrected chi connectivity index (χ2v) is 9.76. The maximum atomic E-state index is 12.1. The molecule has 0 spiro atoms. The van der Waals surface area contributed by atoms with Crippen molar-refractivity contribution in [1.29, 1.82) is 0 Å². The summed E-state index contributed by atoms with van der Waals surface area (Å²) >= 11 is 0. The molecular formula is C23H26N4O6S. The molecular weight excluding hydrogens is 460 g/mol. The van der Waals surface area contributed by atoms with Crippen LogP contribution in [0.4, 0.5) is 5.95 Å². The number of nitrogens with one attached hydrogen (secondary N) is 2. The fourth-order valence-electron chi connectivity index (χ4n) is 4.36. The number of anilines is 1. The Labute approximate surface area is 198 Å². The molecule has 0 radical (unpaired) electrons. The van der Waals surface area contributed by atoms with Crippen LogP contribution in [-0.4, -0.2) is 51.9 Å². The fraction of sp³-hybridized carbons (Fsp3) is 0.348. The molecule has 11 heteroatoms. The Hall–Kier alpha value is -3.60. The summed E-state index contributed by atoms with van der Waals surface area (Å²) in [6.45, 7) is 1.47. The van der Waals surface area contributed by atoms with Crippen molar-refractivity contribution < 1.29 is 27.4 Å². The van der Waals surface area contributed by atoms with Gasteiger partial charge < -0.3 is 19.5 Å². The molecule has 1 aromatic rings. The first kappa shape index (κ1) is 23.6. The smallest absolute Gasteiger partial charge is 0.237 e. The Morgan fingerprint density at radius 2 is 1.74 bits per heavy atom. The van der Waals surface area contributed by atoms with Gasteiger partial charge in [0.25, 0.3) is 0 Å². The van der Waals surface area contributed by atoms with E-state index in [1.54, 1.807) is 27.4 Å². The molecule has 1 heterocycles. The average molecular weight is 487 g/mol. The predicted molar refractivity (Wildman–Crippen MR) is 127 cm³/mol.